The van der Waals surface area contributed by atoms with Crippen LogP contribution in [-0.4, -0.2) is 36.0 Å². The van der Waals surface area contributed by atoms with E-state index in [1.165, 1.54) is 18.2 Å². The number of halogens is 1. The minimum Gasteiger partial charge on any atom is -0.490 e. The van der Waals surface area contributed by atoms with Crippen LogP contribution in [-0.2, 0) is 6.54 Å². The molecule has 1 aliphatic rings. The molecular formula is C26H26FN3O3. The highest BCUT2D eigenvalue weighted by atomic mass is 19.1. The maximum atomic E-state index is 14.3. The molecule has 6 nitrogen and oxygen atoms in total. The fourth-order valence-corrected chi connectivity index (χ4v) is 3.71. The summed E-state index contributed by atoms with van der Waals surface area (Å²) in [6, 6.07) is 22.6. The highest BCUT2D eigenvalue weighted by molar-refractivity contribution is 5.97. The van der Waals surface area contributed by atoms with E-state index in [0.29, 0.717) is 32.5 Å². The first-order chi connectivity index (χ1) is 16.1. The van der Waals surface area contributed by atoms with Gasteiger partial charge in [-0.3, -0.25) is 4.79 Å². The van der Waals surface area contributed by atoms with Gasteiger partial charge in [0.25, 0.3) is 5.91 Å². The van der Waals surface area contributed by atoms with Crippen LogP contribution in [0.15, 0.2) is 78.9 Å². The highest BCUT2D eigenvalue weighted by Gasteiger charge is 2.24. The molecule has 4 rings (SSSR count). The molecule has 0 spiro atoms. The Morgan fingerprint density at radius 1 is 0.939 bits per heavy atom. The van der Waals surface area contributed by atoms with Gasteiger partial charge in [-0.05, 0) is 35.9 Å². The first kappa shape index (κ1) is 22.3. The molecule has 33 heavy (non-hydrogen) atoms. The Balaban J connectivity index is 1.31. The van der Waals surface area contributed by atoms with Gasteiger partial charge in [-0.15, -0.1) is 0 Å². The molecule has 3 aromatic carbocycles. The van der Waals surface area contributed by atoms with E-state index in [1.54, 1.807) is 4.90 Å². The van der Waals surface area contributed by atoms with Crippen molar-refractivity contribution in [2.75, 3.05) is 18.4 Å². The van der Waals surface area contributed by atoms with Gasteiger partial charge in [-0.2, -0.15) is 0 Å². The Kier molecular flexibility index (Phi) is 7.19. The van der Waals surface area contributed by atoms with E-state index in [2.05, 4.69) is 10.6 Å². The van der Waals surface area contributed by atoms with Crippen molar-refractivity contribution in [2.24, 2.45) is 0 Å². The van der Waals surface area contributed by atoms with E-state index < -0.39 is 11.8 Å². The van der Waals surface area contributed by atoms with Crippen LogP contribution in [0.25, 0.3) is 0 Å². The average Bonchev–Trinajstić information content (AvgIpc) is 2.85. The molecule has 0 aromatic heterocycles. The second kappa shape index (κ2) is 10.6. The molecule has 1 saturated heterocycles. The Labute approximate surface area is 192 Å². The lowest BCUT2D eigenvalue weighted by Crippen LogP contribution is -2.43. The van der Waals surface area contributed by atoms with Crippen molar-refractivity contribution in [1.29, 1.82) is 0 Å². The summed E-state index contributed by atoms with van der Waals surface area (Å²) in [6.45, 7) is 1.36. The monoisotopic (exact) mass is 447 g/mol. The van der Waals surface area contributed by atoms with Crippen molar-refractivity contribution in [3.8, 4) is 5.75 Å². The zero-order chi connectivity index (χ0) is 23.0. The summed E-state index contributed by atoms with van der Waals surface area (Å²) >= 11 is 0. The molecule has 1 fully saturated rings. The fourth-order valence-electron chi connectivity index (χ4n) is 3.71. The number of hydrogen-bond acceptors (Lipinski definition) is 3. The smallest absolute Gasteiger partial charge is 0.321 e. The number of urea groups is 1. The minimum absolute atomic E-state index is 0.0185. The van der Waals surface area contributed by atoms with Crippen LogP contribution < -0.4 is 15.4 Å². The first-order valence-electron chi connectivity index (χ1n) is 11.0. The van der Waals surface area contributed by atoms with E-state index in [4.69, 9.17) is 4.74 Å². The fraction of sp³-hybridized carbons (Fsp3) is 0.231. The number of piperidine rings is 1. The minimum atomic E-state index is -0.592. The van der Waals surface area contributed by atoms with Crippen molar-refractivity contribution in [2.45, 2.75) is 25.5 Å². The van der Waals surface area contributed by atoms with Crippen LogP contribution >= 0.6 is 0 Å². The van der Waals surface area contributed by atoms with E-state index in [-0.39, 0.29) is 23.3 Å². The predicted octanol–water partition coefficient (Wildman–Crippen LogP) is 4.83. The number of carbonyl (C=O) groups excluding carboxylic acids is 2. The summed E-state index contributed by atoms with van der Waals surface area (Å²) in [4.78, 5) is 26.8. The number of carbonyl (C=O) groups is 2. The molecule has 0 unspecified atom stereocenters. The Morgan fingerprint density at radius 3 is 2.30 bits per heavy atom. The molecule has 2 N–H and O–H groups in total. The van der Waals surface area contributed by atoms with Crippen molar-refractivity contribution in [3.63, 3.8) is 0 Å². The number of benzene rings is 3. The van der Waals surface area contributed by atoms with Crippen molar-refractivity contribution in [1.82, 2.24) is 10.2 Å². The number of likely N-dealkylation sites (tertiary alicyclic amines) is 1. The maximum Gasteiger partial charge on any atom is 0.321 e. The van der Waals surface area contributed by atoms with Gasteiger partial charge in [0.15, 0.2) is 0 Å². The van der Waals surface area contributed by atoms with E-state index in [1.807, 2.05) is 60.7 Å². The molecule has 0 saturated carbocycles. The molecule has 0 bridgehead atoms. The number of hydrogen-bond donors (Lipinski definition) is 2. The third-order valence-corrected chi connectivity index (χ3v) is 5.54. The summed E-state index contributed by atoms with van der Waals surface area (Å²) in [7, 11) is 0. The molecule has 0 aliphatic carbocycles. The third-order valence-electron chi connectivity index (χ3n) is 5.54. The van der Waals surface area contributed by atoms with Gasteiger partial charge < -0.3 is 20.3 Å². The van der Waals surface area contributed by atoms with Gasteiger partial charge >= 0.3 is 6.03 Å². The summed E-state index contributed by atoms with van der Waals surface area (Å²) in [5, 5.41) is 5.41. The second-order valence-electron chi connectivity index (χ2n) is 7.91. The van der Waals surface area contributed by atoms with Gasteiger partial charge in [0.2, 0.25) is 0 Å². The lowest BCUT2D eigenvalue weighted by Gasteiger charge is -2.32. The Morgan fingerprint density at radius 2 is 1.61 bits per heavy atom. The van der Waals surface area contributed by atoms with Crippen molar-refractivity contribution >= 4 is 17.6 Å². The maximum absolute atomic E-state index is 14.3. The molecule has 3 amide bonds. The quantitative estimate of drug-likeness (QED) is 0.569. The van der Waals surface area contributed by atoms with Crippen LogP contribution in [0.4, 0.5) is 14.9 Å². The Bertz CT molecular complexity index is 1080. The number of ether oxygens (including phenoxy) is 1. The first-order valence-corrected chi connectivity index (χ1v) is 11.0. The molecule has 0 radical (unpaired) electrons. The van der Waals surface area contributed by atoms with Gasteiger partial charge in [0, 0.05) is 38.0 Å². The SMILES string of the molecule is O=C(NCc1ccccc1)c1ccc(F)c(NC(=O)N2CCC(Oc3ccccc3)CC2)c1. The number of para-hydroxylation sites is 1. The van der Waals surface area contributed by atoms with Crippen LogP contribution in [0.5, 0.6) is 5.75 Å². The topological polar surface area (TPSA) is 70.7 Å². The molecule has 1 heterocycles. The lowest BCUT2D eigenvalue weighted by atomic mass is 10.1. The largest absolute Gasteiger partial charge is 0.490 e. The number of amides is 3. The number of rotatable bonds is 6. The van der Waals surface area contributed by atoms with Gasteiger partial charge in [0.05, 0.1) is 5.69 Å². The van der Waals surface area contributed by atoms with Crippen LogP contribution in [0.3, 0.4) is 0 Å². The summed E-state index contributed by atoms with van der Waals surface area (Å²) in [5.41, 5.74) is 1.22. The van der Waals surface area contributed by atoms with Gasteiger partial charge in [0.1, 0.15) is 17.7 Å². The molecule has 170 valence electrons. The van der Waals surface area contributed by atoms with Crippen molar-refractivity contribution in [3.05, 3.63) is 95.8 Å². The Hall–Kier alpha value is -3.87. The molecule has 7 heteroatoms. The number of anilines is 1. The van der Waals surface area contributed by atoms with Gasteiger partial charge in [-0.1, -0.05) is 48.5 Å². The second-order valence-corrected chi connectivity index (χ2v) is 7.91. The predicted molar refractivity (Wildman–Crippen MR) is 125 cm³/mol. The van der Waals surface area contributed by atoms with Gasteiger partial charge in [-0.25, -0.2) is 9.18 Å². The van der Waals surface area contributed by atoms with E-state index in [9.17, 15) is 14.0 Å². The highest BCUT2D eigenvalue weighted by Crippen LogP contribution is 2.21. The van der Waals surface area contributed by atoms with Crippen molar-refractivity contribution < 1.29 is 18.7 Å². The summed E-state index contributed by atoms with van der Waals surface area (Å²) < 4.78 is 20.3. The molecular weight excluding hydrogens is 421 g/mol. The van der Waals surface area contributed by atoms with Crippen LogP contribution in [0.2, 0.25) is 0 Å². The van der Waals surface area contributed by atoms with E-state index >= 15 is 0 Å². The summed E-state index contributed by atoms with van der Waals surface area (Å²) in [5.74, 6) is -0.122. The average molecular weight is 448 g/mol. The molecule has 0 atom stereocenters. The van der Waals surface area contributed by atoms with Crippen LogP contribution in [0.1, 0.15) is 28.8 Å². The molecule has 1 aliphatic heterocycles. The number of nitrogens with zero attached hydrogens (tertiary/aromatic N) is 1. The number of nitrogens with one attached hydrogen (secondary N) is 2. The molecule has 3 aromatic rings. The lowest BCUT2D eigenvalue weighted by molar-refractivity contribution is 0.0950. The summed E-state index contributed by atoms with van der Waals surface area (Å²) in [6.07, 6.45) is 1.41. The van der Waals surface area contributed by atoms with E-state index in [0.717, 1.165) is 11.3 Å². The third kappa shape index (κ3) is 6.10. The zero-order valence-corrected chi connectivity index (χ0v) is 18.2. The normalized spacial score (nSPS) is 13.9. The standard InChI is InChI=1S/C26H26FN3O3/c27-23-12-11-20(25(31)28-18-19-7-3-1-4-8-19)17-24(23)29-26(32)30-15-13-22(14-16-30)33-21-9-5-2-6-10-21/h1-12,17,22H,13-16,18H2,(H,28,31)(H,29,32). The van der Waals surface area contributed by atoms with Crippen LogP contribution in [0, 0.1) is 5.82 Å². The zero-order valence-electron chi connectivity index (χ0n) is 18.2.